The first-order valence-electron chi connectivity index (χ1n) is 17.9. The highest BCUT2D eigenvalue weighted by atomic mass is 16.3. The number of furan rings is 1. The van der Waals surface area contributed by atoms with E-state index in [4.69, 9.17) is 4.42 Å². The van der Waals surface area contributed by atoms with Crippen molar-refractivity contribution in [1.29, 1.82) is 0 Å². The van der Waals surface area contributed by atoms with Gasteiger partial charge in [0.25, 0.3) is 0 Å². The van der Waals surface area contributed by atoms with Crippen LogP contribution in [-0.4, -0.2) is 0 Å². The van der Waals surface area contributed by atoms with Gasteiger partial charge < -0.3 is 14.2 Å². The Labute approximate surface area is 302 Å². The van der Waals surface area contributed by atoms with Gasteiger partial charge in [-0.15, -0.1) is 0 Å². The molecule has 3 heteroatoms. The van der Waals surface area contributed by atoms with Gasteiger partial charge in [-0.1, -0.05) is 127 Å². The smallest absolute Gasteiger partial charge is 0.135 e. The average Bonchev–Trinajstić information content (AvgIpc) is 3.73. The van der Waals surface area contributed by atoms with Crippen LogP contribution in [0.2, 0.25) is 0 Å². The fourth-order valence-electron chi connectivity index (χ4n) is 9.03. The molecule has 1 aromatic heterocycles. The zero-order valence-electron chi connectivity index (χ0n) is 28.3. The molecule has 0 radical (unpaired) electrons. The van der Waals surface area contributed by atoms with E-state index in [1.807, 2.05) is 12.1 Å². The maximum atomic E-state index is 6.28. The third-order valence-corrected chi connectivity index (χ3v) is 11.0. The lowest BCUT2D eigenvalue weighted by atomic mass is 9.64. The normalized spacial score (nSPS) is 13.5. The molecule has 0 amide bonds. The van der Waals surface area contributed by atoms with Crippen molar-refractivity contribution >= 4 is 56.1 Å². The zero-order chi connectivity index (χ0) is 34.2. The Bertz CT molecular complexity index is 2770. The highest BCUT2D eigenvalue weighted by molar-refractivity contribution is 6.07. The Morgan fingerprint density at radius 2 is 1.02 bits per heavy atom. The van der Waals surface area contributed by atoms with Crippen LogP contribution in [0.4, 0.5) is 34.1 Å². The molecule has 1 aliphatic carbocycles. The van der Waals surface area contributed by atoms with Gasteiger partial charge in [-0.05, 0) is 94.5 Å². The van der Waals surface area contributed by atoms with E-state index in [1.165, 1.54) is 44.8 Å². The molecule has 0 fully saturated rings. The number of rotatable bonds is 4. The van der Waals surface area contributed by atoms with Gasteiger partial charge in [0.2, 0.25) is 0 Å². The Balaban J connectivity index is 1.23. The Morgan fingerprint density at radius 1 is 0.423 bits per heavy atom. The van der Waals surface area contributed by atoms with Crippen molar-refractivity contribution < 1.29 is 4.42 Å². The van der Waals surface area contributed by atoms with E-state index in [-0.39, 0.29) is 0 Å². The molecule has 0 N–H and O–H groups in total. The third-order valence-electron chi connectivity index (χ3n) is 11.0. The fraction of sp³-hybridized carbons (Fsp3) is 0.0204. The summed E-state index contributed by atoms with van der Waals surface area (Å²) in [6.07, 6.45) is 0. The van der Waals surface area contributed by atoms with Gasteiger partial charge in [0, 0.05) is 33.4 Å². The highest BCUT2D eigenvalue weighted by Crippen LogP contribution is 2.65. The number of hydrogen-bond donors (Lipinski definition) is 0. The predicted octanol–water partition coefficient (Wildman–Crippen LogP) is 13.2. The molecule has 3 nitrogen and oxygen atoms in total. The van der Waals surface area contributed by atoms with Crippen LogP contribution >= 0.6 is 0 Å². The maximum absolute atomic E-state index is 6.28. The number of para-hydroxylation sites is 5. The molecule has 2 aliphatic rings. The first kappa shape index (κ1) is 28.9. The summed E-state index contributed by atoms with van der Waals surface area (Å²) in [6.45, 7) is 0. The zero-order valence-corrected chi connectivity index (χ0v) is 28.3. The van der Waals surface area contributed by atoms with Gasteiger partial charge in [-0.3, -0.25) is 0 Å². The average molecular weight is 665 g/mol. The van der Waals surface area contributed by atoms with Gasteiger partial charge >= 0.3 is 0 Å². The van der Waals surface area contributed by atoms with Gasteiger partial charge in [0.05, 0.1) is 22.5 Å². The van der Waals surface area contributed by atoms with E-state index >= 15 is 0 Å². The van der Waals surface area contributed by atoms with Crippen molar-refractivity contribution in [2.24, 2.45) is 0 Å². The van der Waals surface area contributed by atoms with Crippen molar-refractivity contribution in [3.63, 3.8) is 0 Å². The van der Waals surface area contributed by atoms with E-state index < -0.39 is 5.41 Å². The second-order valence-corrected chi connectivity index (χ2v) is 13.7. The van der Waals surface area contributed by atoms with E-state index in [0.29, 0.717) is 0 Å². The SMILES string of the molecule is c1ccc(N(c2ccc3oc4ccccc4c3c2)c2cccc3c2-c2ccccc2C32c3ccccc3N(c3ccccc3)c3ccccc32)cc1. The van der Waals surface area contributed by atoms with Crippen molar-refractivity contribution in [2.45, 2.75) is 5.41 Å². The molecule has 0 unspecified atom stereocenters. The summed E-state index contributed by atoms with van der Waals surface area (Å²) in [5.74, 6) is 0. The largest absolute Gasteiger partial charge is 0.456 e. The van der Waals surface area contributed by atoms with Crippen molar-refractivity contribution in [1.82, 2.24) is 0 Å². The number of anilines is 6. The molecule has 0 saturated carbocycles. The minimum Gasteiger partial charge on any atom is -0.456 e. The van der Waals surface area contributed by atoms with Crippen molar-refractivity contribution in [3.05, 3.63) is 216 Å². The molecule has 0 atom stereocenters. The number of nitrogens with zero attached hydrogens (tertiary/aromatic N) is 2. The second-order valence-electron chi connectivity index (χ2n) is 13.7. The van der Waals surface area contributed by atoms with Gasteiger partial charge in [0.1, 0.15) is 11.2 Å². The Morgan fingerprint density at radius 3 is 1.79 bits per heavy atom. The standard InChI is InChI=1S/C49H32N2O/c1-3-16-33(17-4-1)50(35-30-31-47-38(32-35)36-20-8-14-29-46(36)52-47)45-28-15-25-42-48(45)37-21-7-9-22-39(37)49(42)40-23-10-12-26-43(40)51(34-18-5-2-6-19-34)44-27-13-11-24-41(44)49/h1-32H. The van der Waals surface area contributed by atoms with Crippen LogP contribution in [0.25, 0.3) is 33.1 Å². The van der Waals surface area contributed by atoms with Crippen LogP contribution in [0.5, 0.6) is 0 Å². The molecule has 11 rings (SSSR count). The summed E-state index contributed by atoms with van der Waals surface area (Å²) < 4.78 is 6.28. The first-order valence-corrected chi connectivity index (χ1v) is 17.9. The fourth-order valence-corrected chi connectivity index (χ4v) is 9.03. The molecular weight excluding hydrogens is 633 g/mol. The van der Waals surface area contributed by atoms with E-state index in [2.05, 4.69) is 192 Å². The molecule has 0 saturated heterocycles. The lowest BCUT2D eigenvalue weighted by molar-refractivity contribution is 0.669. The molecule has 2 heterocycles. The van der Waals surface area contributed by atoms with Crippen LogP contribution in [0.15, 0.2) is 199 Å². The summed E-state index contributed by atoms with van der Waals surface area (Å²) in [4.78, 5) is 4.86. The lowest BCUT2D eigenvalue weighted by Crippen LogP contribution is -2.36. The molecule has 1 spiro atoms. The first-order chi connectivity index (χ1) is 25.8. The number of fused-ring (bicyclic) bond motifs is 12. The molecule has 8 aromatic carbocycles. The van der Waals surface area contributed by atoms with Crippen molar-refractivity contribution in [2.75, 3.05) is 9.80 Å². The highest BCUT2D eigenvalue weighted by Gasteiger charge is 2.52. The van der Waals surface area contributed by atoms with Gasteiger partial charge in [-0.2, -0.15) is 0 Å². The molecule has 9 aromatic rings. The Hall–Kier alpha value is -6.84. The summed E-state index contributed by atoms with van der Waals surface area (Å²) in [6, 6.07) is 70.3. The van der Waals surface area contributed by atoms with Crippen LogP contribution in [0.1, 0.15) is 22.3 Å². The minimum atomic E-state index is -0.534. The van der Waals surface area contributed by atoms with Gasteiger partial charge in [-0.25, -0.2) is 0 Å². The van der Waals surface area contributed by atoms with Crippen LogP contribution < -0.4 is 9.80 Å². The summed E-state index contributed by atoms with van der Waals surface area (Å²) in [5.41, 5.74) is 15.7. The topological polar surface area (TPSA) is 19.6 Å². The summed E-state index contributed by atoms with van der Waals surface area (Å²) >= 11 is 0. The van der Waals surface area contributed by atoms with Crippen LogP contribution in [0, 0.1) is 0 Å². The van der Waals surface area contributed by atoms with E-state index in [1.54, 1.807) is 0 Å². The number of hydrogen-bond acceptors (Lipinski definition) is 3. The summed E-state index contributed by atoms with van der Waals surface area (Å²) in [7, 11) is 0. The Kier molecular flexibility index (Phi) is 6.17. The van der Waals surface area contributed by atoms with Crippen molar-refractivity contribution in [3.8, 4) is 11.1 Å². The van der Waals surface area contributed by atoms with Crippen LogP contribution in [0.3, 0.4) is 0 Å². The quantitative estimate of drug-likeness (QED) is 0.187. The van der Waals surface area contributed by atoms with Gasteiger partial charge in [0.15, 0.2) is 0 Å². The third kappa shape index (κ3) is 3.91. The molecular formula is C49H32N2O. The van der Waals surface area contributed by atoms with E-state index in [0.717, 1.165) is 44.7 Å². The lowest BCUT2D eigenvalue weighted by Gasteiger charge is -2.45. The molecule has 0 bridgehead atoms. The summed E-state index contributed by atoms with van der Waals surface area (Å²) in [5, 5.41) is 2.22. The monoisotopic (exact) mass is 664 g/mol. The molecule has 52 heavy (non-hydrogen) atoms. The maximum Gasteiger partial charge on any atom is 0.135 e. The predicted molar refractivity (Wildman–Crippen MR) is 214 cm³/mol. The minimum absolute atomic E-state index is 0.534. The second kappa shape index (κ2) is 11.1. The molecule has 1 aliphatic heterocycles. The van der Waals surface area contributed by atoms with Crippen LogP contribution in [-0.2, 0) is 5.41 Å². The molecule has 244 valence electrons. The number of benzene rings is 8. The van der Waals surface area contributed by atoms with E-state index in [9.17, 15) is 0 Å².